The predicted octanol–water partition coefficient (Wildman–Crippen LogP) is 0.908. The van der Waals surface area contributed by atoms with E-state index in [1.807, 2.05) is 25.1 Å². The van der Waals surface area contributed by atoms with E-state index in [0.29, 0.717) is 5.95 Å². The van der Waals surface area contributed by atoms with Crippen LogP contribution in [0.25, 0.3) is 11.3 Å². The monoisotopic (exact) mass is 230 g/mol. The van der Waals surface area contributed by atoms with Crippen molar-refractivity contribution in [3.8, 4) is 11.3 Å². The SMILES string of the molecule is CN(C)c1nccc(-c2ccc(=O)n(C)c2)n1. The Morgan fingerprint density at radius 3 is 2.65 bits per heavy atom. The van der Waals surface area contributed by atoms with Gasteiger partial charge in [-0.1, -0.05) is 0 Å². The van der Waals surface area contributed by atoms with E-state index >= 15 is 0 Å². The van der Waals surface area contributed by atoms with Gasteiger partial charge in [-0.3, -0.25) is 4.79 Å². The van der Waals surface area contributed by atoms with E-state index in [4.69, 9.17) is 0 Å². The Labute approximate surface area is 99.4 Å². The first-order chi connectivity index (χ1) is 8.08. The average molecular weight is 230 g/mol. The van der Waals surface area contributed by atoms with E-state index in [1.165, 1.54) is 10.6 Å². The third-order valence-electron chi connectivity index (χ3n) is 2.42. The van der Waals surface area contributed by atoms with Crippen molar-refractivity contribution in [2.24, 2.45) is 7.05 Å². The molecule has 2 heterocycles. The van der Waals surface area contributed by atoms with Crippen LogP contribution in [0.5, 0.6) is 0 Å². The van der Waals surface area contributed by atoms with E-state index in [9.17, 15) is 4.79 Å². The second-order valence-electron chi connectivity index (χ2n) is 4.00. The lowest BCUT2D eigenvalue weighted by molar-refractivity contribution is 0.861. The summed E-state index contributed by atoms with van der Waals surface area (Å²) >= 11 is 0. The van der Waals surface area contributed by atoms with Crippen molar-refractivity contribution in [2.75, 3.05) is 19.0 Å². The van der Waals surface area contributed by atoms with Crippen LogP contribution in [0.15, 0.2) is 35.4 Å². The molecule has 0 spiro atoms. The highest BCUT2D eigenvalue weighted by atomic mass is 16.1. The minimum atomic E-state index is -0.0318. The van der Waals surface area contributed by atoms with Gasteiger partial charge in [-0.05, 0) is 12.1 Å². The highest BCUT2D eigenvalue weighted by Crippen LogP contribution is 2.16. The molecular weight excluding hydrogens is 216 g/mol. The molecule has 0 saturated carbocycles. The van der Waals surface area contributed by atoms with E-state index in [2.05, 4.69) is 9.97 Å². The highest BCUT2D eigenvalue weighted by molar-refractivity contribution is 5.58. The summed E-state index contributed by atoms with van der Waals surface area (Å²) in [6.45, 7) is 0. The lowest BCUT2D eigenvalue weighted by atomic mass is 10.2. The predicted molar refractivity (Wildman–Crippen MR) is 67.0 cm³/mol. The average Bonchev–Trinajstić information content (AvgIpc) is 2.33. The first kappa shape index (κ1) is 11.3. The van der Waals surface area contributed by atoms with Crippen LogP contribution in [0.1, 0.15) is 0 Å². The lowest BCUT2D eigenvalue weighted by Crippen LogP contribution is -2.15. The zero-order chi connectivity index (χ0) is 12.4. The molecule has 5 heteroatoms. The summed E-state index contributed by atoms with van der Waals surface area (Å²) in [5.41, 5.74) is 1.67. The molecule has 0 amide bonds. The highest BCUT2D eigenvalue weighted by Gasteiger charge is 2.04. The van der Waals surface area contributed by atoms with Gasteiger partial charge in [-0.15, -0.1) is 0 Å². The zero-order valence-corrected chi connectivity index (χ0v) is 10.1. The molecule has 2 rings (SSSR count). The molecule has 2 aromatic rings. The lowest BCUT2D eigenvalue weighted by Gasteiger charge is -2.11. The summed E-state index contributed by atoms with van der Waals surface area (Å²) in [7, 11) is 5.50. The van der Waals surface area contributed by atoms with Crippen LogP contribution in [0.2, 0.25) is 0 Å². The van der Waals surface area contributed by atoms with Gasteiger partial charge in [-0.25, -0.2) is 9.97 Å². The molecule has 17 heavy (non-hydrogen) atoms. The molecule has 0 aliphatic carbocycles. The standard InChI is InChI=1S/C12H14N4O/c1-15(2)12-13-7-6-10(14-12)9-4-5-11(17)16(3)8-9/h4-8H,1-3H3. The largest absolute Gasteiger partial charge is 0.347 e. The maximum atomic E-state index is 11.3. The van der Waals surface area contributed by atoms with Crippen molar-refractivity contribution in [3.05, 3.63) is 40.9 Å². The number of aryl methyl sites for hydroxylation is 1. The molecule has 5 nitrogen and oxygen atoms in total. The number of hydrogen-bond acceptors (Lipinski definition) is 4. The van der Waals surface area contributed by atoms with Crippen molar-refractivity contribution in [3.63, 3.8) is 0 Å². The molecule has 0 atom stereocenters. The van der Waals surface area contributed by atoms with Gasteiger partial charge in [0, 0.05) is 45.2 Å². The number of pyridine rings is 1. The summed E-state index contributed by atoms with van der Waals surface area (Å²) in [6.07, 6.45) is 3.48. The number of rotatable bonds is 2. The Bertz CT molecular complexity index is 589. The zero-order valence-electron chi connectivity index (χ0n) is 10.1. The van der Waals surface area contributed by atoms with Gasteiger partial charge in [0.15, 0.2) is 0 Å². The quantitative estimate of drug-likeness (QED) is 0.769. The first-order valence-electron chi connectivity index (χ1n) is 5.25. The van der Waals surface area contributed by atoms with Crippen LogP contribution >= 0.6 is 0 Å². The van der Waals surface area contributed by atoms with E-state index in [0.717, 1.165) is 11.3 Å². The van der Waals surface area contributed by atoms with Crippen LogP contribution in [-0.2, 0) is 7.05 Å². The summed E-state index contributed by atoms with van der Waals surface area (Å²) in [5.74, 6) is 0.649. The first-order valence-corrected chi connectivity index (χ1v) is 5.25. The van der Waals surface area contributed by atoms with Gasteiger partial charge in [0.1, 0.15) is 0 Å². The van der Waals surface area contributed by atoms with Gasteiger partial charge in [0.2, 0.25) is 11.5 Å². The molecule has 0 aliphatic heterocycles. The summed E-state index contributed by atoms with van der Waals surface area (Å²) in [4.78, 5) is 21.7. The molecule has 0 N–H and O–H groups in total. The van der Waals surface area contributed by atoms with E-state index in [1.54, 1.807) is 25.5 Å². The van der Waals surface area contributed by atoms with Crippen LogP contribution in [0, 0.1) is 0 Å². The number of nitrogens with zero attached hydrogens (tertiary/aromatic N) is 4. The van der Waals surface area contributed by atoms with Crippen molar-refractivity contribution < 1.29 is 0 Å². The van der Waals surface area contributed by atoms with Crippen LogP contribution < -0.4 is 10.5 Å². The molecule has 0 radical (unpaired) electrons. The summed E-state index contributed by atoms with van der Waals surface area (Å²) < 4.78 is 1.53. The Kier molecular flexibility index (Phi) is 2.91. The van der Waals surface area contributed by atoms with Crippen LogP contribution in [0.3, 0.4) is 0 Å². The third kappa shape index (κ3) is 2.33. The molecule has 88 valence electrons. The maximum Gasteiger partial charge on any atom is 0.250 e. The molecular formula is C12H14N4O. The maximum absolute atomic E-state index is 11.3. The van der Waals surface area contributed by atoms with Gasteiger partial charge >= 0.3 is 0 Å². The third-order valence-corrected chi connectivity index (χ3v) is 2.42. The minimum Gasteiger partial charge on any atom is -0.347 e. The number of hydrogen-bond donors (Lipinski definition) is 0. The summed E-state index contributed by atoms with van der Waals surface area (Å²) in [6, 6.07) is 5.13. The Morgan fingerprint density at radius 2 is 2.00 bits per heavy atom. The fourth-order valence-electron chi connectivity index (χ4n) is 1.47. The molecule has 0 fully saturated rings. The van der Waals surface area contributed by atoms with Gasteiger partial charge in [0.25, 0.3) is 0 Å². The van der Waals surface area contributed by atoms with Gasteiger partial charge < -0.3 is 9.47 Å². The molecule has 0 unspecified atom stereocenters. The van der Waals surface area contributed by atoms with Crippen molar-refractivity contribution in [2.45, 2.75) is 0 Å². The van der Waals surface area contributed by atoms with E-state index < -0.39 is 0 Å². The fourth-order valence-corrected chi connectivity index (χ4v) is 1.47. The molecule has 2 aromatic heterocycles. The van der Waals surface area contributed by atoms with Crippen LogP contribution in [-0.4, -0.2) is 28.6 Å². The van der Waals surface area contributed by atoms with Crippen molar-refractivity contribution >= 4 is 5.95 Å². The molecule has 0 bridgehead atoms. The topological polar surface area (TPSA) is 51.0 Å². The number of aromatic nitrogens is 3. The van der Waals surface area contributed by atoms with Crippen molar-refractivity contribution in [1.29, 1.82) is 0 Å². The second kappa shape index (κ2) is 4.37. The summed E-state index contributed by atoms with van der Waals surface area (Å²) in [5, 5.41) is 0. The normalized spacial score (nSPS) is 10.3. The molecule has 0 aliphatic rings. The van der Waals surface area contributed by atoms with Gasteiger partial charge in [-0.2, -0.15) is 0 Å². The van der Waals surface area contributed by atoms with Crippen LogP contribution in [0.4, 0.5) is 5.95 Å². The Hall–Kier alpha value is -2.17. The smallest absolute Gasteiger partial charge is 0.250 e. The number of anilines is 1. The minimum absolute atomic E-state index is 0.0318. The van der Waals surface area contributed by atoms with Crippen molar-refractivity contribution in [1.82, 2.24) is 14.5 Å². The van der Waals surface area contributed by atoms with E-state index in [-0.39, 0.29) is 5.56 Å². The Balaban J connectivity index is 2.49. The molecule has 0 saturated heterocycles. The Morgan fingerprint density at radius 1 is 1.24 bits per heavy atom. The fraction of sp³-hybridized carbons (Fsp3) is 0.250. The van der Waals surface area contributed by atoms with Gasteiger partial charge in [0.05, 0.1) is 5.69 Å². The second-order valence-corrected chi connectivity index (χ2v) is 4.00. The molecule has 0 aromatic carbocycles.